The second-order valence-electron chi connectivity index (χ2n) is 5.53. The van der Waals surface area contributed by atoms with Crippen LogP contribution in [0.5, 0.6) is 0 Å². The first kappa shape index (κ1) is 16.1. The van der Waals surface area contributed by atoms with Gasteiger partial charge in [-0.05, 0) is 43.6 Å². The van der Waals surface area contributed by atoms with Crippen molar-refractivity contribution in [2.45, 2.75) is 57.4 Å². The number of aromatic nitrogens is 1. The molecule has 0 unspecified atom stereocenters. The average Bonchev–Trinajstić information content (AvgIpc) is 2.47. The van der Waals surface area contributed by atoms with Gasteiger partial charge >= 0.3 is 6.03 Å². The number of urea groups is 1. The molecule has 1 aliphatic carbocycles. The van der Waals surface area contributed by atoms with Gasteiger partial charge in [0.25, 0.3) is 0 Å². The van der Waals surface area contributed by atoms with Crippen molar-refractivity contribution < 1.29 is 4.79 Å². The first-order valence-electron chi connectivity index (χ1n) is 7.75. The third-order valence-electron chi connectivity index (χ3n) is 3.90. The van der Waals surface area contributed by atoms with Gasteiger partial charge < -0.3 is 10.6 Å². The van der Waals surface area contributed by atoms with E-state index in [1.807, 2.05) is 30.8 Å². The number of hydrogen-bond acceptors (Lipinski definition) is 3. The Kier molecular flexibility index (Phi) is 6.36. The molecule has 116 valence electrons. The van der Waals surface area contributed by atoms with Crippen LogP contribution in [-0.2, 0) is 6.54 Å². The molecule has 1 aliphatic rings. The number of thioether (sulfide) groups is 1. The third kappa shape index (κ3) is 5.23. The molecule has 2 amide bonds. The normalized spacial score (nSPS) is 21.8. The van der Waals surface area contributed by atoms with Crippen molar-refractivity contribution in [3.63, 3.8) is 0 Å². The molecule has 2 N–H and O–H groups in total. The zero-order valence-electron chi connectivity index (χ0n) is 12.9. The summed E-state index contributed by atoms with van der Waals surface area (Å²) in [4.78, 5) is 16.3. The Balaban J connectivity index is 1.75. The predicted molar refractivity (Wildman–Crippen MR) is 88.5 cm³/mol. The molecule has 1 heterocycles. The van der Waals surface area contributed by atoms with Crippen LogP contribution < -0.4 is 10.6 Å². The van der Waals surface area contributed by atoms with Crippen LogP contribution in [0.25, 0.3) is 0 Å². The Bertz CT molecular complexity index is 465. The van der Waals surface area contributed by atoms with E-state index in [4.69, 9.17) is 0 Å². The number of amides is 2. The molecule has 2 rings (SSSR count). The number of hydrogen-bond donors (Lipinski definition) is 2. The summed E-state index contributed by atoms with van der Waals surface area (Å²) < 4.78 is 0. The minimum Gasteiger partial charge on any atom is -0.335 e. The van der Waals surface area contributed by atoms with Gasteiger partial charge in [-0.15, -0.1) is 0 Å². The largest absolute Gasteiger partial charge is 0.335 e. The maximum Gasteiger partial charge on any atom is 0.315 e. The fourth-order valence-electron chi connectivity index (χ4n) is 2.77. The highest BCUT2D eigenvalue weighted by Crippen LogP contribution is 2.28. The summed E-state index contributed by atoms with van der Waals surface area (Å²) in [5.74, 6) is 1.16. The highest BCUT2D eigenvalue weighted by molar-refractivity contribution is 7.99. The summed E-state index contributed by atoms with van der Waals surface area (Å²) in [5.41, 5.74) is 2.03. The maximum absolute atomic E-state index is 12.0. The van der Waals surface area contributed by atoms with Crippen LogP contribution in [-0.4, -0.2) is 28.1 Å². The molecule has 5 heteroatoms. The van der Waals surface area contributed by atoms with Crippen molar-refractivity contribution in [1.29, 1.82) is 0 Å². The Morgan fingerprint density at radius 3 is 3.10 bits per heavy atom. The molecule has 0 saturated heterocycles. The maximum atomic E-state index is 12.0. The van der Waals surface area contributed by atoms with E-state index in [-0.39, 0.29) is 6.03 Å². The molecule has 0 spiro atoms. The average molecular weight is 307 g/mol. The molecule has 2 atom stereocenters. The molecule has 1 aromatic rings. The fourth-order valence-corrected chi connectivity index (χ4v) is 3.94. The van der Waals surface area contributed by atoms with Crippen LogP contribution >= 0.6 is 11.8 Å². The van der Waals surface area contributed by atoms with Crippen LogP contribution in [0.4, 0.5) is 4.79 Å². The quantitative estimate of drug-likeness (QED) is 0.878. The summed E-state index contributed by atoms with van der Waals surface area (Å²) in [6.45, 7) is 4.69. The van der Waals surface area contributed by atoms with E-state index in [0.29, 0.717) is 17.8 Å². The number of aryl methyl sites for hydroxylation is 1. The van der Waals surface area contributed by atoms with Crippen LogP contribution in [0.2, 0.25) is 0 Å². The van der Waals surface area contributed by atoms with Crippen LogP contribution in [0.15, 0.2) is 18.3 Å². The molecule has 4 nitrogen and oxygen atoms in total. The highest BCUT2D eigenvalue weighted by atomic mass is 32.2. The molecule has 1 fully saturated rings. The van der Waals surface area contributed by atoms with Gasteiger partial charge in [0, 0.05) is 17.5 Å². The summed E-state index contributed by atoms with van der Waals surface area (Å²) in [6, 6.07) is 4.15. The van der Waals surface area contributed by atoms with E-state index < -0.39 is 0 Å². The van der Waals surface area contributed by atoms with Gasteiger partial charge in [0.15, 0.2) is 0 Å². The van der Waals surface area contributed by atoms with Gasteiger partial charge in [0.1, 0.15) is 0 Å². The van der Waals surface area contributed by atoms with Crippen molar-refractivity contribution in [3.05, 3.63) is 29.6 Å². The van der Waals surface area contributed by atoms with Crippen LogP contribution in [0, 0.1) is 6.92 Å². The monoisotopic (exact) mass is 307 g/mol. The molecule has 1 aromatic heterocycles. The minimum absolute atomic E-state index is 0.0767. The number of pyridine rings is 1. The number of carbonyl (C=O) groups excluding carboxylic acids is 1. The zero-order chi connectivity index (χ0) is 15.1. The number of rotatable bonds is 5. The Labute approximate surface area is 131 Å². The molecule has 0 aromatic carbocycles. The SMILES string of the molecule is CCS[C@H]1CCC[C@@H](NC(=O)NCc2ncccc2C)C1. The predicted octanol–water partition coefficient (Wildman–Crippen LogP) is 3.25. The lowest BCUT2D eigenvalue weighted by Gasteiger charge is -2.29. The van der Waals surface area contributed by atoms with Gasteiger partial charge in [0.2, 0.25) is 0 Å². The van der Waals surface area contributed by atoms with Gasteiger partial charge in [0.05, 0.1) is 12.2 Å². The Hall–Kier alpha value is -1.23. The van der Waals surface area contributed by atoms with Crippen LogP contribution in [0.1, 0.15) is 43.9 Å². The Morgan fingerprint density at radius 1 is 1.48 bits per heavy atom. The lowest BCUT2D eigenvalue weighted by atomic mass is 9.95. The van der Waals surface area contributed by atoms with E-state index in [1.54, 1.807) is 6.20 Å². The first-order chi connectivity index (χ1) is 10.2. The van der Waals surface area contributed by atoms with Crippen molar-refractivity contribution in [3.8, 4) is 0 Å². The topological polar surface area (TPSA) is 54.0 Å². The molecule has 21 heavy (non-hydrogen) atoms. The molecular formula is C16H25N3OS. The Morgan fingerprint density at radius 2 is 2.33 bits per heavy atom. The van der Waals surface area contributed by atoms with Gasteiger partial charge in [-0.1, -0.05) is 19.4 Å². The molecule has 0 radical (unpaired) electrons. The highest BCUT2D eigenvalue weighted by Gasteiger charge is 2.23. The summed E-state index contributed by atoms with van der Waals surface area (Å²) >= 11 is 2.01. The van der Waals surface area contributed by atoms with E-state index >= 15 is 0 Å². The van der Waals surface area contributed by atoms with Gasteiger partial charge in [-0.25, -0.2) is 4.79 Å². The lowest BCUT2D eigenvalue weighted by Crippen LogP contribution is -2.44. The second kappa shape index (κ2) is 8.27. The molecule has 0 aliphatic heterocycles. The van der Waals surface area contributed by atoms with E-state index in [9.17, 15) is 4.79 Å². The summed E-state index contributed by atoms with van der Waals surface area (Å²) in [7, 11) is 0. The third-order valence-corrected chi connectivity index (χ3v) is 5.13. The van der Waals surface area contributed by atoms with Crippen molar-refractivity contribution in [2.75, 3.05) is 5.75 Å². The van der Waals surface area contributed by atoms with Crippen molar-refractivity contribution in [2.24, 2.45) is 0 Å². The van der Waals surface area contributed by atoms with E-state index in [1.165, 1.54) is 12.8 Å². The lowest BCUT2D eigenvalue weighted by molar-refractivity contribution is 0.232. The zero-order valence-corrected chi connectivity index (χ0v) is 13.7. The standard InChI is InChI=1S/C16H25N3OS/c1-3-21-14-8-4-7-13(10-14)19-16(20)18-11-15-12(2)6-5-9-17-15/h5-6,9,13-14H,3-4,7-8,10-11H2,1-2H3,(H2,18,19,20)/t13-,14+/m1/s1. The molecule has 1 saturated carbocycles. The number of carbonyl (C=O) groups is 1. The van der Waals surface area contributed by atoms with Gasteiger partial charge in [-0.2, -0.15) is 11.8 Å². The van der Waals surface area contributed by atoms with Crippen LogP contribution in [0.3, 0.4) is 0 Å². The summed E-state index contributed by atoms with van der Waals surface area (Å²) in [5, 5.41) is 6.72. The fraction of sp³-hybridized carbons (Fsp3) is 0.625. The second-order valence-corrected chi connectivity index (χ2v) is 7.11. The van der Waals surface area contributed by atoms with E-state index in [0.717, 1.165) is 29.9 Å². The number of nitrogens with zero attached hydrogens (tertiary/aromatic N) is 1. The molecular weight excluding hydrogens is 282 g/mol. The van der Waals surface area contributed by atoms with Crippen molar-refractivity contribution in [1.82, 2.24) is 15.6 Å². The van der Waals surface area contributed by atoms with E-state index in [2.05, 4.69) is 22.5 Å². The summed E-state index contributed by atoms with van der Waals surface area (Å²) in [6.07, 6.45) is 6.44. The van der Waals surface area contributed by atoms with Crippen molar-refractivity contribution >= 4 is 17.8 Å². The molecule has 0 bridgehead atoms. The smallest absolute Gasteiger partial charge is 0.315 e. The minimum atomic E-state index is -0.0767. The number of nitrogens with one attached hydrogen (secondary N) is 2. The first-order valence-corrected chi connectivity index (χ1v) is 8.80. The van der Waals surface area contributed by atoms with Gasteiger partial charge in [-0.3, -0.25) is 4.98 Å².